The van der Waals surface area contributed by atoms with Crippen LogP contribution in [0.3, 0.4) is 0 Å². The number of ether oxygens (including phenoxy) is 1. The lowest BCUT2D eigenvalue weighted by Gasteiger charge is -2.12. The Hall–Kier alpha value is -3.35. The Morgan fingerprint density at radius 2 is 1.50 bits per heavy atom. The summed E-state index contributed by atoms with van der Waals surface area (Å²) in [4.78, 5) is 36.0. The second-order valence-corrected chi connectivity index (χ2v) is 6.98. The van der Waals surface area contributed by atoms with E-state index in [0.29, 0.717) is 23.4 Å². The van der Waals surface area contributed by atoms with E-state index in [2.05, 4.69) is 16.0 Å². The van der Waals surface area contributed by atoms with Gasteiger partial charge in [-0.05, 0) is 68.3 Å². The molecule has 2 rings (SSSR count). The number of rotatable bonds is 10. The zero-order valence-corrected chi connectivity index (χ0v) is 17.7. The van der Waals surface area contributed by atoms with Crippen molar-refractivity contribution in [2.45, 2.75) is 39.7 Å². The van der Waals surface area contributed by atoms with E-state index in [9.17, 15) is 14.4 Å². The fourth-order valence-corrected chi connectivity index (χ4v) is 2.50. The predicted molar refractivity (Wildman–Crippen MR) is 118 cm³/mol. The van der Waals surface area contributed by atoms with Crippen molar-refractivity contribution < 1.29 is 19.1 Å². The van der Waals surface area contributed by atoms with E-state index in [4.69, 9.17) is 4.74 Å². The summed E-state index contributed by atoms with van der Waals surface area (Å²) in [6.07, 6.45) is 1.63. The minimum atomic E-state index is -0.377. The lowest BCUT2D eigenvalue weighted by atomic mass is 10.1. The van der Waals surface area contributed by atoms with E-state index in [-0.39, 0.29) is 30.4 Å². The van der Waals surface area contributed by atoms with Crippen LogP contribution in [0, 0.1) is 0 Å². The van der Waals surface area contributed by atoms with Crippen molar-refractivity contribution in [2.24, 2.45) is 0 Å². The fourth-order valence-electron chi connectivity index (χ4n) is 2.50. The van der Waals surface area contributed by atoms with Crippen LogP contribution in [-0.4, -0.2) is 37.0 Å². The number of anilines is 2. The van der Waals surface area contributed by atoms with Gasteiger partial charge >= 0.3 is 5.97 Å². The molecule has 1 atom stereocenters. The molecule has 1 unspecified atom stereocenters. The van der Waals surface area contributed by atoms with Gasteiger partial charge in [-0.3, -0.25) is 9.59 Å². The van der Waals surface area contributed by atoms with Crippen LogP contribution in [0.1, 0.15) is 54.3 Å². The van der Waals surface area contributed by atoms with Gasteiger partial charge < -0.3 is 20.7 Å². The molecule has 0 saturated heterocycles. The lowest BCUT2D eigenvalue weighted by molar-refractivity contribution is -0.114. The van der Waals surface area contributed by atoms with Crippen molar-refractivity contribution in [1.82, 2.24) is 5.32 Å². The Balaban J connectivity index is 1.81. The molecule has 7 heteroatoms. The number of hydrogen-bond donors (Lipinski definition) is 3. The van der Waals surface area contributed by atoms with Crippen LogP contribution in [0.2, 0.25) is 0 Å². The van der Waals surface area contributed by atoms with Crippen LogP contribution in [-0.2, 0) is 9.53 Å². The van der Waals surface area contributed by atoms with Crippen molar-refractivity contribution in [3.8, 4) is 0 Å². The molecule has 0 heterocycles. The van der Waals surface area contributed by atoms with Crippen molar-refractivity contribution in [3.05, 3.63) is 59.7 Å². The van der Waals surface area contributed by atoms with Gasteiger partial charge in [0.25, 0.3) is 5.91 Å². The van der Waals surface area contributed by atoms with E-state index >= 15 is 0 Å². The maximum atomic E-state index is 12.1. The molecule has 0 bridgehead atoms. The Morgan fingerprint density at radius 1 is 0.900 bits per heavy atom. The van der Waals surface area contributed by atoms with Crippen molar-refractivity contribution >= 4 is 29.2 Å². The Bertz CT molecular complexity index is 848. The normalized spacial score (nSPS) is 11.3. The van der Waals surface area contributed by atoms with Crippen LogP contribution in [0.25, 0.3) is 0 Å². The molecule has 0 saturated carbocycles. The maximum Gasteiger partial charge on any atom is 0.338 e. The molecule has 2 aromatic rings. The molecule has 2 amide bonds. The van der Waals surface area contributed by atoms with Crippen molar-refractivity contribution in [1.29, 1.82) is 0 Å². The first-order valence-electron chi connectivity index (χ1n) is 10.1. The van der Waals surface area contributed by atoms with Gasteiger partial charge in [0, 0.05) is 23.0 Å². The number of amides is 2. The summed E-state index contributed by atoms with van der Waals surface area (Å²) in [5.41, 5.74) is 2.34. The first kappa shape index (κ1) is 22.9. The topological polar surface area (TPSA) is 96.5 Å². The van der Waals surface area contributed by atoms with E-state index < -0.39 is 0 Å². The Labute approximate surface area is 177 Å². The molecule has 2 aromatic carbocycles. The highest BCUT2D eigenvalue weighted by Gasteiger charge is 2.09. The number of nitrogens with one attached hydrogen (secondary N) is 3. The van der Waals surface area contributed by atoms with Crippen LogP contribution in [0.4, 0.5) is 11.4 Å². The van der Waals surface area contributed by atoms with Crippen LogP contribution in [0.5, 0.6) is 0 Å². The molecular formula is C23H29N3O4. The summed E-state index contributed by atoms with van der Waals surface area (Å²) < 4.78 is 5.07. The zero-order chi connectivity index (χ0) is 21.9. The minimum absolute atomic E-state index is 0.0682. The average molecular weight is 412 g/mol. The fraction of sp³-hybridized carbons (Fsp3) is 0.348. The first-order valence-corrected chi connectivity index (χ1v) is 10.1. The molecule has 0 aliphatic rings. The molecule has 0 fully saturated rings. The first-order chi connectivity index (χ1) is 14.4. The molecule has 7 nitrogen and oxygen atoms in total. The summed E-state index contributed by atoms with van der Waals surface area (Å²) in [6.45, 7) is 6.35. The second kappa shape index (κ2) is 11.6. The molecule has 0 aliphatic heterocycles. The van der Waals surface area contributed by atoms with Crippen molar-refractivity contribution in [2.75, 3.05) is 23.8 Å². The summed E-state index contributed by atoms with van der Waals surface area (Å²) >= 11 is 0. The smallest absolute Gasteiger partial charge is 0.338 e. The highest BCUT2D eigenvalue weighted by atomic mass is 16.5. The number of carbonyl (C=O) groups excluding carboxylic acids is 3. The molecule has 160 valence electrons. The Kier molecular flexibility index (Phi) is 8.87. The standard InChI is InChI=1S/C23H29N3O4/c1-4-14-30-23(29)18-8-12-20(13-9-18)26-21(27)15-24-19-10-6-17(7-11-19)22(28)25-16(3)5-2/h6-13,16,24H,4-5,14-15H2,1-3H3,(H,25,28)(H,26,27). The van der Waals surface area contributed by atoms with Gasteiger partial charge in [0.2, 0.25) is 5.91 Å². The quantitative estimate of drug-likeness (QED) is 0.516. The summed E-state index contributed by atoms with van der Waals surface area (Å²) in [5.74, 6) is -0.719. The largest absolute Gasteiger partial charge is 0.462 e. The molecule has 30 heavy (non-hydrogen) atoms. The van der Waals surface area contributed by atoms with E-state index in [1.807, 2.05) is 20.8 Å². The number of carbonyl (C=O) groups is 3. The van der Waals surface area contributed by atoms with E-state index in [0.717, 1.165) is 18.5 Å². The van der Waals surface area contributed by atoms with Crippen LogP contribution >= 0.6 is 0 Å². The van der Waals surface area contributed by atoms with Crippen LogP contribution < -0.4 is 16.0 Å². The third kappa shape index (κ3) is 7.24. The monoisotopic (exact) mass is 411 g/mol. The zero-order valence-electron chi connectivity index (χ0n) is 17.7. The highest BCUT2D eigenvalue weighted by Crippen LogP contribution is 2.12. The number of benzene rings is 2. The van der Waals surface area contributed by atoms with E-state index in [1.165, 1.54) is 0 Å². The average Bonchev–Trinajstić information content (AvgIpc) is 2.76. The van der Waals surface area contributed by atoms with Gasteiger partial charge in [0.05, 0.1) is 18.7 Å². The third-order valence-corrected chi connectivity index (χ3v) is 4.43. The van der Waals surface area contributed by atoms with Gasteiger partial charge in [-0.25, -0.2) is 4.79 Å². The Morgan fingerprint density at radius 3 is 2.10 bits per heavy atom. The van der Waals surface area contributed by atoms with Gasteiger partial charge in [-0.1, -0.05) is 13.8 Å². The third-order valence-electron chi connectivity index (χ3n) is 4.43. The molecule has 0 aliphatic carbocycles. The molecule has 3 N–H and O–H groups in total. The molecule has 0 aromatic heterocycles. The lowest BCUT2D eigenvalue weighted by Crippen LogP contribution is -2.31. The van der Waals surface area contributed by atoms with E-state index in [1.54, 1.807) is 48.5 Å². The summed E-state index contributed by atoms with van der Waals surface area (Å²) in [5, 5.41) is 8.69. The van der Waals surface area contributed by atoms with Crippen molar-refractivity contribution in [3.63, 3.8) is 0 Å². The predicted octanol–water partition coefficient (Wildman–Crippen LogP) is 3.83. The highest BCUT2D eigenvalue weighted by molar-refractivity contribution is 5.96. The second-order valence-electron chi connectivity index (χ2n) is 6.98. The summed E-state index contributed by atoms with van der Waals surface area (Å²) in [7, 11) is 0. The number of hydrogen-bond acceptors (Lipinski definition) is 5. The molecular weight excluding hydrogens is 382 g/mol. The molecule has 0 radical (unpaired) electrons. The van der Waals surface area contributed by atoms with Crippen LogP contribution in [0.15, 0.2) is 48.5 Å². The SMILES string of the molecule is CCCOC(=O)c1ccc(NC(=O)CNc2ccc(C(=O)NC(C)CC)cc2)cc1. The van der Waals surface area contributed by atoms with Gasteiger partial charge in [-0.2, -0.15) is 0 Å². The maximum absolute atomic E-state index is 12.1. The molecule has 0 spiro atoms. The van der Waals surface area contributed by atoms with Gasteiger partial charge in [0.15, 0.2) is 0 Å². The minimum Gasteiger partial charge on any atom is -0.462 e. The summed E-state index contributed by atoms with van der Waals surface area (Å²) in [6, 6.07) is 13.6. The van der Waals surface area contributed by atoms with Gasteiger partial charge in [0.1, 0.15) is 0 Å². The number of esters is 1. The van der Waals surface area contributed by atoms with Gasteiger partial charge in [-0.15, -0.1) is 0 Å².